The SMILES string of the molecule is COC(C)C(=O)c1c(Cl)cnn1CCN(C)C. The van der Waals surface area contributed by atoms with Crippen LogP contribution in [0.2, 0.25) is 5.02 Å². The van der Waals surface area contributed by atoms with E-state index in [1.807, 2.05) is 19.0 Å². The fourth-order valence-corrected chi connectivity index (χ4v) is 1.61. The maximum Gasteiger partial charge on any atom is 0.210 e. The summed E-state index contributed by atoms with van der Waals surface area (Å²) in [6.45, 7) is 3.11. The fourth-order valence-electron chi connectivity index (χ4n) is 1.37. The summed E-state index contributed by atoms with van der Waals surface area (Å²) in [4.78, 5) is 14.1. The molecule has 5 nitrogen and oxygen atoms in total. The van der Waals surface area contributed by atoms with Crippen LogP contribution in [0.25, 0.3) is 0 Å². The molecule has 0 radical (unpaired) electrons. The third-order valence-corrected chi connectivity index (χ3v) is 2.79. The van der Waals surface area contributed by atoms with Gasteiger partial charge < -0.3 is 9.64 Å². The molecule has 0 bridgehead atoms. The molecule has 0 aliphatic rings. The molecule has 0 spiro atoms. The molecule has 0 saturated heterocycles. The summed E-state index contributed by atoms with van der Waals surface area (Å²) in [6.07, 6.45) is 0.981. The van der Waals surface area contributed by atoms with Gasteiger partial charge in [-0.1, -0.05) is 11.6 Å². The number of ether oxygens (including phenoxy) is 1. The van der Waals surface area contributed by atoms with E-state index < -0.39 is 6.10 Å². The molecular formula is C11H18ClN3O2. The molecule has 0 saturated carbocycles. The molecule has 1 aromatic rings. The van der Waals surface area contributed by atoms with Crippen molar-refractivity contribution in [3.63, 3.8) is 0 Å². The number of likely N-dealkylation sites (N-methyl/N-ethyl adjacent to an activating group) is 1. The molecule has 96 valence electrons. The third-order valence-electron chi connectivity index (χ3n) is 2.51. The number of rotatable bonds is 6. The van der Waals surface area contributed by atoms with Gasteiger partial charge in [-0.15, -0.1) is 0 Å². The molecule has 1 aromatic heterocycles. The number of nitrogens with zero attached hydrogens (tertiary/aromatic N) is 3. The van der Waals surface area contributed by atoms with Crippen LogP contribution in [0.15, 0.2) is 6.20 Å². The molecule has 1 rings (SSSR count). The summed E-state index contributed by atoms with van der Waals surface area (Å²) in [7, 11) is 5.42. The maximum absolute atomic E-state index is 12.0. The Kier molecular flexibility index (Phi) is 5.11. The number of carbonyl (C=O) groups excluding carboxylic acids is 1. The number of Topliss-reactive ketones (excluding diaryl/α,β-unsaturated/α-hetero) is 1. The average Bonchev–Trinajstić information content (AvgIpc) is 2.65. The highest BCUT2D eigenvalue weighted by Gasteiger charge is 2.22. The predicted octanol–water partition coefficient (Wildman–Crippen LogP) is 1.32. The van der Waals surface area contributed by atoms with Crippen LogP contribution in [-0.4, -0.2) is 54.3 Å². The van der Waals surface area contributed by atoms with Gasteiger partial charge in [-0.05, 0) is 21.0 Å². The molecule has 0 N–H and O–H groups in total. The summed E-state index contributed by atoms with van der Waals surface area (Å²) >= 11 is 5.98. The van der Waals surface area contributed by atoms with Crippen molar-refractivity contribution in [1.82, 2.24) is 14.7 Å². The van der Waals surface area contributed by atoms with Crippen molar-refractivity contribution in [3.8, 4) is 0 Å². The van der Waals surface area contributed by atoms with Gasteiger partial charge in [0.15, 0.2) is 0 Å². The minimum Gasteiger partial charge on any atom is -0.374 e. The number of hydrogen-bond donors (Lipinski definition) is 0. The zero-order valence-corrected chi connectivity index (χ0v) is 11.4. The molecular weight excluding hydrogens is 242 g/mol. The lowest BCUT2D eigenvalue weighted by atomic mass is 10.2. The molecule has 1 heterocycles. The Balaban J connectivity index is 2.90. The van der Waals surface area contributed by atoms with E-state index in [0.29, 0.717) is 17.3 Å². The first-order valence-electron chi connectivity index (χ1n) is 5.40. The van der Waals surface area contributed by atoms with E-state index in [2.05, 4.69) is 5.10 Å². The van der Waals surface area contributed by atoms with Crippen LogP contribution < -0.4 is 0 Å². The van der Waals surface area contributed by atoms with E-state index in [1.165, 1.54) is 13.3 Å². The number of ketones is 1. The van der Waals surface area contributed by atoms with Crippen LogP contribution in [-0.2, 0) is 11.3 Å². The number of halogens is 1. The second-order valence-corrected chi connectivity index (χ2v) is 4.52. The average molecular weight is 260 g/mol. The van der Waals surface area contributed by atoms with Gasteiger partial charge in [-0.3, -0.25) is 9.48 Å². The number of carbonyl (C=O) groups is 1. The molecule has 1 unspecified atom stereocenters. The van der Waals surface area contributed by atoms with E-state index in [-0.39, 0.29) is 5.78 Å². The maximum atomic E-state index is 12.0. The summed E-state index contributed by atoms with van der Waals surface area (Å²) in [5.74, 6) is -0.145. The van der Waals surface area contributed by atoms with Gasteiger partial charge in [0.05, 0.1) is 17.8 Å². The number of aromatic nitrogens is 2. The van der Waals surface area contributed by atoms with Crippen LogP contribution >= 0.6 is 11.6 Å². The molecule has 0 aliphatic carbocycles. The fraction of sp³-hybridized carbons (Fsp3) is 0.636. The van der Waals surface area contributed by atoms with Crippen LogP contribution in [0, 0.1) is 0 Å². The summed E-state index contributed by atoms with van der Waals surface area (Å²) < 4.78 is 6.64. The molecule has 0 aliphatic heterocycles. The monoisotopic (exact) mass is 259 g/mol. The van der Waals surface area contributed by atoms with Crippen molar-refractivity contribution < 1.29 is 9.53 Å². The Hall–Kier alpha value is -0.910. The van der Waals surface area contributed by atoms with Gasteiger partial charge in [0.2, 0.25) is 5.78 Å². The molecule has 0 amide bonds. The van der Waals surface area contributed by atoms with Crippen LogP contribution in [0.4, 0.5) is 0 Å². The van der Waals surface area contributed by atoms with Crippen LogP contribution in [0.5, 0.6) is 0 Å². The zero-order chi connectivity index (χ0) is 13.0. The second-order valence-electron chi connectivity index (χ2n) is 4.11. The van der Waals surface area contributed by atoms with Gasteiger partial charge >= 0.3 is 0 Å². The Bertz CT molecular complexity index is 390. The highest BCUT2D eigenvalue weighted by Crippen LogP contribution is 2.17. The quantitative estimate of drug-likeness (QED) is 0.723. The third kappa shape index (κ3) is 3.52. The van der Waals surface area contributed by atoms with E-state index in [4.69, 9.17) is 16.3 Å². The van der Waals surface area contributed by atoms with Crippen molar-refractivity contribution in [1.29, 1.82) is 0 Å². The summed E-state index contributed by atoms with van der Waals surface area (Å²) in [5, 5.41) is 4.48. The summed E-state index contributed by atoms with van der Waals surface area (Å²) in [5.41, 5.74) is 0.419. The van der Waals surface area contributed by atoms with Crippen molar-refractivity contribution in [3.05, 3.63) is 16.9 Å². The Morgan fingerprint density at radius 2 is 2.29 bits per heavy atom. The van der Waals surface area contributed by atoms with Crippen LogP contribution in [0.1, 0.15) is 17.4 Å². The lowest BCUT2D eigenvalue weighted by molar-refractivity contribution is 0.0644. The summed E-state index contributed by atoms with van der Waals surface area (Å²) in [6, 6.07) is 0. The number of hydrogen-bond acceptors (Lipinski definition) is 4. The highest BCUT2D eigenvalue weighted by molar-refractivity contribution is 6.33. The molecule has 0 fully saturated rings. The first kappa shape index (κ1) is 14.2. The van der Waals surface area contributed by atoms with Crippen molar-refractivity contribution >= 4 is 17.4 Å². The topological polar surface area (TPSA) is 47.4 Å². The Labute approximate surface area is 106 Å². The van der Waals surface area contributed by atoms with E-state index in [0.717, 1.165) is 6.54 Å². The highest BCUT2D eigenvalue weighted by atomic mass is 35.5. The van der Waals surface area contributed by atoms with Crippen LogP contribution in [0.3, 0.4) is 0 Å². The Morgan fingerprint density at radius 3 is 2.82 bits per heavy atom. The van der Waals surface area contributed by atoms with E-state index in [9.17, 15) is 4.79 Å². The largest absolute Gasteiger partial charge is 0.374 e. The van der Waals surface area contributed by atoms with E-state index in [1.54, 1.807) is 11.6 Å². The van der Waals surface area contributed by atoms with Gasteiger partial charge in [-0.25, -0.2) is 0 Å². The second kappa shape index (κ2) is 6.14. The minimum atomic E-state index is -0.512. The van der Waals surface area contributed by atoms with Crippen molar-refractivity contribution in [2.75, 3.05) is 27.7 Å². The number of methoxy groups -OCH3 is 1. The van der Waals surface area contributed by atoms with Gasteiger partial charge in [0, 0.05) is 13.7 Å². The van der Waals surface area contributed by atoms with Gasteiger partial charge in [-0.2, -0.15) is 5.10 Å². The molecule has 17 heavy (non-hydrogen) atoms. The molecule has 1 atom stereocenters. The molecule has 6 heteroatoms. The van der Waals surface area contributed by atoms with Crippen molar-refractivity contribution in [2.45, 2.75) is 19.6 Å². The smallest absolute Gasteiger partial charge is 0.210 e. The standard InChI is InChI=1S/C11H18ClN3O2/c1-8(17-4)11(16)10-9(12)7-13-15(10)6-5-14(2)3/h7-8H,5-6H2,1-4H3. The van der Waals surface area contributed by atoms with Gasteiger partial charge in [0.1, 0.15) is 11.8 Å². The first-order chi connectivity index (χ1) is 7.97. The lowest BCUT2D eigenvalue weighted by Gasteiger charge is -2.13. The lowest BCUT2D eigenvalue weighted by Crippen LogP contribution is -2.26. The Morgan fingerprint density at radius 1 is 1.65 bits per heavy atom. The minimum absolute atomic E-state index is 0.145. The zero-order valence-electron chi connectivity index (χ0n) is 10.6. The van der Waals surface area contributed by atoms with Crippen molar-refractivity contribution in [2.24, 2.45) is 0 Å². The normalized spacial score (nSPS) is 13.1. The van der Waals surface area contributed by atoms with Gasteiger partial charge in [0.25, 0.3) is 0 Å². The predicted molar refractivity (Wildman–Crippen MR) is 66.6 cm³/mol. The molecule has 0 aromatic carbocycles. The van der Waals surface area contributed by atoms with E-state index >= 15 is 0 Å². The first-order valence-corrected chi connectivity index (χ1v) is 5.78.